The monoisotopic (exact) mass is 844 g/mol. The van der Waals surface area contributed by atoms with Gasteiger partial charge in [-0.05, 0) is 38.5 Å². The molecule has 2 unspecified atom stereocenters. The van der Waals surface area contributed by atoms with E-state index in [9.17, 15) is 14.3 Å². The van der Waals surface area contributed by atoms with Gasteiger partial charge < -0.3 is 27.9 Å². The second-order valence-electron chi connectivity index (χ2n) is 18.2. The molecule has 0 saturated carbocycles. The number of carbonyl (C=O) groups excluding carboxylic acids is 1. The van der Waals surface area contributed by atoms with Crippen LogP contribution < -0.4 is 4.89 Å². The van der Waals surface area contributed by atoms with Gasteiger partial charge in [-0.15, -0.1) is 0 Å². The number of phosphoric acid groups is 1. The number of nitrogens with zero attached hydrogens (tertiary/aromatic N) is 1. The standard InChI is InChI=1S/C49H98NO7P/c1-6-8-10-12-14-16-18-20-21-22-23-24-25-26-27-28-29-30-32-34-36-38-40-42-49(51)57-48(47-56-58(52,53)55-45-43-50(3,4)5)46-54-44-41-39-37-35-33-31-19-17-15-13-11-9-7-2/h22-23,48H,6-21,24-47H2,1-5H3/b23-22-. The molecule has 8 nitrogen and oxygen atoms in total. The van der Waals surface area contributed by atoms with E-state index in [4.69, 9.17) is 18.5 Å². The number of esters is 1. The second-order valence-corrected chi connectivity index (χ2v) is 19.6. The molecule has 0 radical (unpaired) electrons. The first-order valence-corrected chi connectivity index (χ1v) is 26.4. The lowest BCUT2D eigenvalue weighted by Gasteiger charge is -2.28. The first kappa shape index (κ1) is 57.2. The first-order chi connectivity index (χ1) is 28.1. The highest BCUT2D eigenvalue weighted by Gasteiger charge is 2.20. The van der Waals surface area contributed by atoms with E-state index in [1.165, 1.54) is 186 Å². The summed E-state index contributed by atoms with van der Waals surface area (Å²) in [7, 11) is 1.37. The van der Waals surface area contributed by atoms with E-state index in [0.29, 0.717) is 24.1 Å². The minimum Gasteiger partial charge on any atom is -0.756 e. The van der Waals surface area contributed by atoms with Crippen molar-refractivity contribution in [1.29, 1.82) is 0 Å². The number of quaternary nitrogens is 1. The smallest absolute Gasteiger partial charge is 0.306 e. The summed E-state index contributed by atoms with van der Waals surface area (Å²) < 4.78 is 34.7. The third kappa shape index (κ3) is 46.3. The van der Waals surface area contributed by atoms with Gasteiger partial charge >= 0.3 is 5.97 Å². The third-order valence-corrected chi connectivity index (χ3v) is 12.0. The number of hydrogen-bond acceptors (Lipinski definition) is 7. The molecule has 58 heavy (non-hydrogen) atoms. The Balaban J connectivity index is 4.07. The van der Waals surface area contributed by atoms with E-state index in [1.54, 1.807) is 0 Å². The molecule has 0 aromatic carbocycles. The van der Waals surface area contributed by atoms with Gasteiger partial charge in [-0.25, -0.2) is 0 Å². The Bertz CT molecular complexity index is 940. The molecule has 346 valence electrons. The lowest BCUT2D eigenvalue weighted by molar-refractivity contribution is -0.870. The number of hydrogen-bond donors (Lipinski definition) is 0. The maximum absolute atomic E-state index is 12.7. The van der Waals surface area contributed by atoms with E-state index >= 15 is 0 Å². The van der Waals surface area contributed by atoms with Crippen LogP contribution >= 0.6 is 7.82 Å². The lowest BCUT2D eigenvalue weighted by Crippen LogP contribution is -2.37. The van der Waals surface area contributed by atoms with Gasteiger partial charge in [-0.1, -0.05) is 206 Å². The van der Waals surface area contributed by atoms with Crippen molar-refractivity contribution in [2.75, 3.05) is 54.1 Å². The molecule has 0 bridgehead atoms. The SMILES string of the molecule is CCCCCCCCCC/C=C\CCCCCCCCCCCCCC(=O)OC(COCCCCCCCCCCCCCCC)COP(=O)([O-])OCC[N+](C)(C)C. The highest BCUT2D eigenvalue weighted by Crippen LogP contribution is 2.38. The number of ether oxygens (including phenoxy) is 2. The number of carbonyl (C=O) groups is 1. The molecule has 0 aromatic rings. The van der Waals surface area contributed by atoms with Crippen molar-refractivity contribution in [3.05, 3.63) is 12.2 Å². The van der Waals surface area contributed by atoms with Crippen molar-refractivity contribution in [3.63, 3.8) is 0 Å². The normalized spacial score (nSPS) is 13.7. The number of likely N-dealkylation sites (N-methyl/N-ethyl adjacent to an activating group) is 1. The van der Waals surface area contributed by atoms with E-state index in [-0.39, 0.29) is 25.8 Å². The molecule has 0 N–H and O–H groups in total. The van der Waals surface area contributed by atoms with E-state index in [0.717, 1.165) is 32.1 Å². The molecule has 0 aliphatic heterocycles. The van der Waals surface area contributed by atoms with Crippen LogP contribution in [0.25, 0.3) is 0 Å². The fourth-order valence-electron chi connectivity index (χ4n) is 7.19. The van der Waals surface area contributed by atoms with E-state index in [1.807, 2.05) is 21.1 Å². The summed E-state index contributed by atoms with van der Waals surface area (Å²) >= 11 is 0. The van der Waals surface area contributed by atoms with Gasteiger partial charge in [-0.3, -0.25) is 9.36 Å². The molecule has 0 aliphatic carbocycles. The quantitative estimate of drug-likeness (QED) is 0.0198. The largest absolute Gasteiger partial charge is 0.756 e. The van der Waals surface area contributed by atoms with Crippen LogP contribution in [-0.4, -0.2) is 70.7 Å². The summed E-state index contributed by atoms with van der Waals surface area (Å²) in [5.41, 5.74) is 0. The van der Waals surface area contributed by atoms with Crippen molar-refractivity contribution in [3.8, 4) is 0 Å². The molecule has 9 heteroatoms. The van der Waals surface area contributed by atoms with Crippen LogP contribution in [0.2, 0.25) is 0 Å². The minimum absolute atomic E-state index is 0.0296. The first-order valence-electron chi connectivity index (χ1n) is 24.9. The molecule has 0 spiro atoms. The maximum Gasteiger partial charge on any atom is 0.306 e. The molecule has 0 heterocycles. The van der Waals surface area contributed by atoms with Gasteiger partial charge in [0.1, 0.15) is 19.3 Å². The number of rotatable bonds is 47. The topological polar surface area (TPSA) is 94.1 Å². The van der Waals surface area contributed by atoms with Crippen molar-refractivity contribution in [2.45, 2.75) is 245 Å². The summed E-state index contributed by atoms with van der Waals surface area (Å²) in [5, 5.41) is 0. The van der Waals surface area contributed by atoms with Crippen LogP contribution in [0, 0.1) is 0 Å². The Morgan fingerprint density at radius 3 is 1.31 bits per heavy atom. The minimum atomic E-state index is -4.52. The highest BCUT2D eigenvalue weighted by atomic mass is 31.2. The van der Waals surface area contributed by atoms with Gasteiger partial charge in [0.2, 0.25) is 0 Å². The van der Waals surface area contributed by atoms with Gasteiger partial charge in [0.05, 0.1) is 34.4 Å². The van der Waals surface area contributed by atoms with Crippen LogP contribution in [0.5, 0.6) is 0 Å². The lowest BCUT2D eigenvalue weighted by atomic mass is 10.0. The average Bonchev–Trinajstić information content (AvgIpc) is 3.18. The Morgan fingerprint density at radius 2 is 0.897 bits per heavy atom. The van der Waals surface area contributed by atoms with Crippen LogP contribution in [0.1, 0.15) is 239 Å². The van der Waals surface area contributed by atoms with Gasteiger partial charge in [-0.2, -0.15) is 0 Å². The van der Waals surface area contributed by atoms with Crippen LogP contribution in [0.15, 0.2) is 12.2 Å². The summed E-state index contributed by atoms with van der Waals surface area (Å²) in [6, 6.07) is 0. The molecule has 0 aromatic heterocycles. The highest BCUT2D eigenvalue weighted by molar-refractivity contribution is 7.45. The van der Waals surface area contributed by atoms with Crippen molar-refractivity contribution in [1.82, 2.24) is 0 Å². The molecule has 2 atom stereocenters. The van der Waals surface area contributed by atoms with Crippen molar-refractivity contribution < 1.29 is 37.3 Å². The van der Waals surface area contributed by atoms with Gasteiger partial charge in [0.25, 0.3) is 7.82 Å². The van der Waals surface area contributed by atoms with E-state index in [2.05, 4.69) is 26.0 Å². The molecular weight excluding hydrogens is 746 g/mol. The molecule has 0 saturated heterocycles. The zero-order valence-electron chi connectivity index (χ0n) is 39.3. The fourth-order valence-corrected chi connectivity index (χ4v) is 7.92. The van der Waals surface area contributed by atoms with Crippen LogP contribution in [0.4, 0.5) is 0 Å². The number of allylic oxidation sites excluding steroid dienone is 2. The Hall–Kier alpha value is -0.760. The molecule has 0 aliphatic rings. The summed E-state index contributed by atoms with van der Waals surface area (Å²) in [6.45, 7) is 5.46. The van der Waals surface area contributed by atoms with Gasteiger partial charge in [0, 0.05) is 13.0 Å². The summed E-state index contributed by atoms with van der Waals surface area (Å²) in [6.07, 6.45) is 48.0. The van der Waals surface area contributed by atoms with Crippen LogP contribution in [0.3, 0.4) is 0 Å². The predicted molar refractivity (Wildman–Crippen MR) is 245 cm³/mol. The average molecular weight is 844 g/mol. The van der Waals surface area contributed by atoms with Crippen molar-refractivity contribution in [2.24, 2.45) is 0 Å². The molecule has 0 fully saturated rings. The van der Waals surface area contributed by atoms with Crippen molar-refractivity contribution >= 4 is 13.8 Å². The zero-order valence-corrected chi connectivity index (χ0v) is 40.2. The summed E-state index contributed by atoms with van der Waals surface area (Å²) in [5.74, 6) is -0.330. The number of unbranched alkanes of at least 4 members (excludes halogenated alkanes) is 31. The Kier molecular flexibility index (Phi) is 42.3. The fraction of sp³-hybridized carbons (Fsp3) is 0.939. The van der Waals surface area contributed by atoms with Crippen LogP contribution in [-0.2, 0) is 27.9 Å². The molecular formula is C49H98NO7P. The van der Waals surface area contributed by atoms with E-state index < -0.39 is 13.9 Å². The third-order valence-electron chi connectivity index (χ3n) is 11.1. The Labute approximate surface area is 360 Å². The number of phosphoric ester groups is 1. The predicted octanol–water partition coefficient (Wildman–Crippen LogP) is 14.4. The zero-order chi connectivity index (χ0) is 42.7. The summed E-state index contributed by atoms with van der Waals surface area (Å²) in [4.78, 5) is 25.1. The molecule has 0 rings (SSSR count). The molecule has 0 amide bonds. The maximum atomic E-state index is 12.7. The Morgan fingerprint density at radius 1 is 0.517 bits per heavy atom. The second kappa shape index (κ2) is 42.9. The van der Waals surface area contributed by atoms with Gasteiger partial charge in [0.15, 0.2) is 0 Å².